The van der Waals surface area contributed by atoms with Crippen LogP contribution in [0.1, 0.15) is 39.0 Å². The van der Waals surface area contributed by atoms with Gasteiger partial charge in [-0.1, -0.05) is 6.42 Å². The molecule has 2 fully saturated rings. The van der Waals surface area contributed by atoms with E-state index in [1.165, 1.54) is 51.9 Å². The fraction of sp³-hybridized carbons (Fsp3) is 0.947. The number of methoxy groups -OCH3 is 1. The Morgan fingerprint density at radius 1 is 1.12 bits per heavy atom. The van der Waals surface area contributed by atoms with Crippen molar-refractivity contribution in [3.63, 3.8) is 0 Å². The summed E-state index contributed by atoms with van der Waals surface area (Å²) in [6, 6.07) is 0. The quantitative estimate of drug-likeness (QED) is 0.300. The minimum Gasteiger partial charge on any atom is -0.385 e. The summed E-state index contributed by atoms with van der Waals surface area (Å²) < 4.78 is 5.29. The molecular weight excluding hydrogens is 441 g/mol. The van der Waals surface area contributed by atoms with E-state index in [9.17, 15) is 0 Å². The summed E-state index contributed by atoms with van der Waals surface area (Å²) in [5, 5.41) is 6.93. The lowest BCUT2D eigenvalue weighted by Gasteiger charge is -2.40. The van der Waals surface area contributed by atoms with Gasteiger partial charge in [0.25, 0.3) is 0 Å². The third-order valence-corrected chi connectivity index (χ3v) is 5.70. The Kier molecular flexibility index (Phi) is 12.1. The van der Waals surface area contributed by atoms with Crippen molar-refractivity contribution in [2.75, 3.05) is 73.1 Å². The highest BCUT2D eigenvalue weighted by Gasteiger charge is 2.36. The molecule has 0 unspecified atom stereocenters. The van der Waals surface area contributed by atoms with Crippen molar-refractivity contribution in [1.82, 2.24) is 20.4 Å². The molecule has 1 heterocycles. The molecule has 2 rings (SSSR count). The van der Waals surface area contributed by atoms with E-state index in [1.54, 1.807) is 7.11 Å². The van der Waals surface area contributed by atoms with Crippen LogP contribution in [0, 0.1) is 5.41 Å². The van der Waals surface area contributed by atoms with Crippen molar-refractivity contribution in [3.8, 4) is 0 Å². The van der Waals surface area contributed by atoms with Crippen molar-refractivity contribution in [3.05, 3.63) is 0 Å². The molecule has 154 valence electrons. The van der Waals surface area contributed by atoms with Crippen LogP contribution in [0.15, 0.2) is 4.99 Å². The number of guanidine groups is 1. The molecule has 0 spiro atoms. The molecule has 2 N–H and O–H groups in total. The maximum absolute atomic E-state index is 5.29. The van der Waals surface area contributed by atoms with Crippen LogP contribution in [-0.2, 0) is 4.74 Å². The van der Waals surface area contributed by atoms with Crippen molar-refractivity contribution < 1.29 is 4.74 Å². The van der Waals surface area contributed by atoms with Gasteiger partial charge in [0.2, 0.25) is 0 Å². The van der Waals surface area contributed by atoms with E-state index < -0.39 is 0 Å². The molecule has 7 heteroatoms. The van der Waals surface area contributed by atoms with E-state index in [1.807, 2.05) is 0 Å². The number of nitrogens with one attached hydrogen (secondary N) is 2. The Morgan fingerprint density at radius 2 is 1.92 bits per heavy atom. The molecule has 1 saturated carbocycles. The average Bonchev–Trinajstić information content (AvgIpc) is 2.78. The minimum absolute atomic E-state index is 0. The van der Waals surface area contributed by atoms with E-state index in [-0.39, 0.29) is 24.0 Å². The lowest BCUT2D eigenvalue weighted by molar-refractivity contribution is 0.0778. The van der Waals surface area contributed by atoms with Gasteiger partial charge in [0.1, 0.15) is 0 Å². The molecule has 2 aliphatic rings. The number of hydrogen-bond donors (Lipinski definition) is 2. The minimum atomic E-state index is 0. The number of ether oxygens (including phenoxy) is 1. The molecular formula is C19H40IN5O. The number of nitrogens with zero attached hydrogens (tertiary/aromatic N) is 3. The number of rotatable bonds is 9. The summed E-state index contributed by atoms with van der Waals surface area (Å²) in [5.74, 6) is 0.970. The van der Waals surface area contributed by atoms with Crippen LogP contribution >= 0.6 is 24.0 Å². The standard InChI is InChI=1S/C19H39N5O.HI/c1-4-20-18(22-17-19(7-5-8-19)9-16-25-3)21-10-13-24-12-6-11-23(2)14-15-24;/h4-17H2,1-3H3,(H2,20,21,22);1H. The molecule has 0 bridgehead atoms. The maximum Gasteiger partial charge on any atom is 0.191 e. The van der Waals surface area contributed by atoms with Gasteiger partial charge in [-0.2, -0.15) is 0 Å². The van der Waals surface area contributed by atoms with Crippen LogP contribution < -0.4 is 10.6 Å². The van der Waals surface area contributed by atoms with Gasteiger partial charge in [0, 0.05) is 53.0 Å². The lowest BCUT2D eigenvalue weighted by atomic mass is 9.67. The van der Waals surface area contributed by atoms with Gasteiger partial charge < -0.3 is 25.2 Å². The monoisotopic (exact) mass is 481 g/mol. The SMILES string of the molecule is CCNC(=NCC1(CCOC)CCC1)NCCN1CCCN(C)CC1.I. The molecule has 0 aromatic rings. The highest BCUT2D eigenvalue weighted by atomic mass is 127. The van der Waals surface area contributed by atoms with Crippen LogP contribution in [0.25, 0.3) is 0 Å². The predicted octanol–water partition coefficient (Wildman–Crippen LogP) is 2.00. The molecule has 6 nitrogen and oxygen atoms in total. The smallest absolute Gasteiger partial charge is 0.191 e. The Bertz CT molecular complexity index is 403. The molecule has 1 aliphatic carbocycles. The summed E-state index contributed by atoms with van der Waals surface area (Å²) in [5.41, 5.74) is 0.383. The molecule has 0 radical (unpaired) electrons. The maximum atomic E-state index is 5.29. The second-order valence-corrected chi connectivity index (χ2v) is 7.72. The van der Waals surface area contributed by atoms with Gasteiger partial charge in [-0.3, -0.25) is 4.99 Å². The third-order valence-electron chi connectivity index (χ3n) is 5.70. The number of likely N-dealkylation sites (N-methyl/N-ethyl adjacent to an activating group) is 1. The normalized spacial score (nSPS) is 21.4. The summed E-state index contributed by atoms with van der Waals surface area (Å²) in [6.07, 6.45) is 6.33. The Balaban J connectivity index is 0.00000338. The van der Waals surface area contributed by atoms with Crippen molar-refractivity contribution >= 4 is 29.9 Å². The first-order valence-electron chi connectivity index (χ1n) is 10.1. The first-order valence-corrected chi connectivity index (χ1v) is 10.1. The summed E-state index contributed by atoms with van der Waals surface area (Å²) in [6.45, 7) is 11.6. The molecule has 0 atom stereocenters. The van der Waals surface area contributed by atoms with Gasteiger partial charge in [0.05, 0.1) is 0 Å². The van der Waals surface area contributed by atoms with E-state index in [4.69, 9.17) is 9.73 Å². The Labute approximate surface area is 177 Å². The first-order chi connectivity index (χ1) is 12.2. The molecule has 0 aromatic heterocycles. The van der Waals surface area contributed by atoms with Crippen molar-refractivity contribution in [2.45, 2.75) is 39.0 Å². The topological polar surface area (TPSA) is 52.1 Å². The number of halogens is 1. The van der Waals surface area contributed by atoms with Crippen LogP contribution in [0.4, 0.5) is 0 Å². The molecule has 26 heavy (non-hydrogen) atoms. The Morgan fingerprint density at radius 3 is 2.58 bits per heavy atom. The second-order valence-electron chi connectivity index (χ2n) is 7.72. The zero-order valence-corrected chi connectivity index (χ0v) is 19.4. The van der Waals surface area contributed by atoms with Gasteiger partial charge >= 0.3 is 0 Å². The van der Waals surface area contributed by atoms with Crippen molar-refractivity contribution in [2.24, 2.45) is 10.4 Å². The fourth-order valence-electron chi connectivity index (χ4n) is 3.73. The highest BCUT2D eigenvalue weighted by molar-refractivity contribution is 14.0. The van der Waals surface area contributed by atoms with E-state index in [0.29, 0.717) is 5.41 Å². The zero-order valence-electron chi connectivity index (χ0n) is 17.1. The van der Waals surface area contributed by atoms with Gasteiger partial charge in [0.15, 0.2) is 5.96 Å². The van der Waals surface area contributed by atoms with Crippen LogP contribution in [-0.4, -0.2) is 88.9 Å². The van der Waals surface area contributed by atoms with E-state index in [2.05, 4.69) is 34.4 Å². The van der Waals surface area contributed by atoms with Gasteiger partial charge in [-0.25, -0.2) is 0 Å². The summed E-state index contributed by atoms with van der Waals surface area (Å²) in [4.78, 5) is 9.88. The first kappa shape index (κ1) is 23.9. The fourth-order valence-corrected chi connectivity index (χ4v) is 3.73. The molecule has 0 amide bonds. The van der Waals surface area contributed by atoms with E-state index in [0.717, 1.165) is 45.2 Å². The zero-order chi connectivity index (χ0) is 18.0. The number of hydrogen-bond acceptors (Lipinski definition) is 4. The van der Waals surface area contributed by atoms with E-state index >= 15 is 0 Å². The average molecular weight is 481 g/mol. The van der Waals surface area contributed by atoms with Gasteiger partial charge in [-0.15, -0.1) is 24.0 Å². The highest BCUT2D eigenvalue weighted by Crippen LogP contribution is 2.44. The lowest BCUT2D eigenvalue weighted by Crippen LogP contribution is -2.43. The summed E-state index contributed by atoms with van der Waals surface area (Å²) >= 11 is 0. The van der Waals surface area contributed by atoms with Crippen LogP contribution in [0.3, 0.4) is 0 Å². The third kappa shape index (κ3) is 8.27. The van der Waals surface area contributed by atoms with Gasteiger partial charge in [-0.05, 0) is 58.2 Å². The van der Waals surface area contributed by atoms with Crippen LogP contribution in [0.2, 0.25) is 0 Å². The molecule has 1 aliphatic heterocycles. The number of aliphatic imine (C=N–C) groups is 1. The van der Waals surface area contributed by atoms with Crippen LogP contribution in [0.5, 0.6) is 0 Å². The second kappa shape index (κ2) is 13.1. The van der Waals surface area contributed by atoms with Crippen molar-refractivity contribution in [1.29, 1.82) is 0 Å². The molecule has 0 aromatic carbocycles. The summed E-state index contributed by atoms with van der Waals surface area (Å²) in [7, 11) is 4.01. The predicted molar refractivity (Wildman–Crippen MR) is 121 cm³/mol. The largest absolute Gasteiger partial charge is 0.385 e. The molecule has 1 saturated heterocycles. The Hall–Kier alpha value is -0.120.